The lowest BCUT2D eigenvalue weighted by Gasteiger charge is -2.08. The van der Waals surface area contributed by atoms with Crippen molar-refractivity contribution in [2.45, 2.75) is 25.0 Å². The second-order valence-corrected chi connectivity index (χ2v) is 3.58. The Bertz CT molecular complexity index is 288. The molecule has 0 bridgehead atoms. The van der Waals surface area contributed by atoms with Gasteiger partial charge in [0, 0.05) is 6.04 Å². The maximum absolute atomic E-state index is 5.50. The maximum atomic E-state index is 5.50. The molecule has 0 unspecified atom stereocenters. The van der Waals surface area contributed by atoms with Crippen LogP contribution in [0.15, 0.2) is 5.16 Å². The van der Waals surface area contributed by atoms with E-state index in [0.717, 1.165) is 0 Å². The van der Waals surface area contributed by atoms with E-state index >= 15 is 0 Å². The molecule has 1 aromatic rings. The third kappa shape index (κ3) is 3.06. The molecule has 0 aromatic carbocycles. The molecule has 3 N–H and O–H groups in total. The molecule has 72 valence electrons. The number of aromatic nitrogens is 3. The van der Waals surface area contributed by atoms with Gasteiger partial charge in [0.25, 0.3) is 0 Å². The Morgan fingerprint density at radius 3 is 2.54 bits per heavy atom. The molecule has 6 heteroatoms. The fraction of sp³-hybridized carbons (Fsp3) is 0.571. The zero-order valence-electron chi connectivity index (χ0n) is 7.90. The monoisotopic (exact) mass is 199 g/mol. The minimum atomic E-state index is 0.252. The standard InChI is InChI=1S/C7H13N5S/c1-4(2)9-6-10-5(8)11-7(12-6)13-3/h4H,1-3H3,(H3,8,9,10,11,12). The van der Waals surface area contributed by atoms with Crippen LogP contribution in [-0.4, -0.2) is 27.2 Å². The Morgan fingerprint density at radius 2 is 2.00 bits per heavy atom. The van der Waals surface area contributed by atoms with Crippen LogP contribution in [0.2, 0.25) is 0 Å². The predicted octanol–water partition coefficient (Wildman–Crippen LogP) is 0.996. The van der Waals surface area contributed by atoms with Gasteiger partial charge < -0.3 is 11.1 Å². The van der Waals surface area contributed by atoms with Crippen LogP contribution in [0.4, 0.5) is 11.9 Å². The predicted molar refractivity (Wildman–Crippen MR) is 54.8 cm³/mol. The molecule has 0 atom stereocenters. The summed E-state index contributed by atoms with van der Waals surface area (Å²) in [5.74, 6) is 0.786. The highest BCUT2D eigenvalue weighted by Crippen LogP contribution is 2.11. The van der Waals surface area contributed by atoms with Crippen LogP contribution in [0.5, 0.6) is 0 Å². The minimum Gasteiger partial charge on any atom is -0.368 e. The van der Waals surface area contributed by atoms with Gasteiger partial charge in [0.1, 0.15) is 0 Å². The van der Waals surface area contributed by atoms with Crippen molar-refractivity contribution in [3.8, 4) is 0 Å². The average molecular weight is 199 g/mol. The molecular weight excluding hydrogens is 186 g/mol. The third-order valence-corrected chi connectivity index (χ3v) is 1.78. The summed E-state index contributed by atoms with van der Waals surface area (Å²) in [7, 11) is 0. The summed E-state index contributed by atoms with van der Waals surface area (Å²) in [6.07, 6.45) is 1.90. The molecule has 0 fully saturated rings. The highest BCUT2D eigenvalue weighted by Gasteiger charge is 2.03. The Kier molecular flexibility index (Phi) is 3.30. The molecule has 1 heterocycles. The quantitative estimate of drug-likeness (QED) is 0.707. The fourth-order valence-corrected chi connectivity index (χ4v) is 1.15. The molecule has 0 radical (unpaired) electrons. The molecule has 0 aliphatic heterocycles. The van der Waals surface area contributed by atoms with Crippen LogP contribution >= 0.6 is 11.8 Å². The van der Waals surface area contributed by atoms with Crippen LogP contribution in [-0.2, 0) is 0 Å². The smallest absolute Gasteiger partial charge is 0.228 e. The topological polar surface area (TPSA) is 76.7 Å². The van der Waals surface area contributed by atoms with E-state index in [-0.39, 0.29) is 12.0 Å². The Hall–Kier alpha value is -1.04. The van der Waals surface area contributed by atoms with Gasteiger partial charge in [-0.3, -0.25) is 0 Å². The first-order chi connectivity index (χ1) is 6.11. The number of nitrogens with one attached hydrogen (secondary N) is 1. The van der Waals surface area contributed by atoms with E-state index in [1.165, 1.54) is 11.8 Å². The van der Waals surface area contributed by atoms with Gasteiger partial charge >= 0.3 is 0 Å². The van der Waals surface area contributed by atoms with Crippen molar-refractivity contribution in [1.29, 1.82) is 0 Å². The number of nitrogens with zero attached hydrogens (tertiary/aromatic N) is 3. The van der Waals surface area contributed by atoms with E-state index in [1.807, 2.05) is 20.1 Å². The summed E-state index contributed by atoms with van der Waals surface area (Å²) in [5, 5.41) is 3.70. The molecule has 13 heavy (non-hydrogen) atoms. The number of nitrogens with two attached hydrogens (primary N) is 1. The van der Waals surface area contributed by atoms with Gasteiger partial charge in [0.2, 0.25) is 11.9 Å². The molecule has 0 aliphatic rings. The molecule has 0 amide bonds. The van der Waals surface area contributed by atoms with Crippen molar-refractivity contribution in [2.24, 2.45) is 0 Å². The minimum absolute atomic E-state index is 0.252. The molecule has 1 rings (SSSR count). The summed E-state index contributed by atoms with van der Waals surface area (Å²) < 4.78 is 0. The molecule has 0 aliphatic carbocycles. The number of hydrogen-bond donors (Lipinski definition) is 2. The van der Waals surface area contributed by atoms with Crippen molar-refractivity contribution in [2.75, 3.05) is 17.3 Å². The van der Waals surface area contributed by atoms with Crippen molar-refractivity contribution < 1.29 is 0 Å². The van der Waals surface area contributed by atoms with Crippen molar-refractivity contribution >= 4 is 23.7 Å². The first-order valence-corrected chi connectivity index (χ1v) is 5.16. The average Bonchev–Trinajstić information content (AvgIpc) is 2.01. The molecule has 0 spiro atoms. The Balaban J connectivity index is 2.88. The van der Waals surface area contributed by atoms with Gasteiger partial charge in [-0.1, -0.05) is 11.8 Å². The number of thioether (sulfide) groups is 1. The molecule has 1 aromatic heterocycles. The summed E-state index contributed by atoms with van der Waals surface area (Å²) in [5.41, 5.74) is 5.50. The summed E-state index contributed by atoms with van der Waals surface area (Å²) in [6.45, 7) is 4.03. The van der Waals surface area contributed by atoms with Crippen LogP contribution in [0.1, 0.15) is 13.8 Å². The highest BCUT2D eigenvalue weighted by atomic mass is 32.2. The first-order valence-electron chi connectivity index (χ1n) is 3.94. The van der Waals surface area contributed by atoms with Gasteiger partial charge in [0.15, 0.2) is 5.16 Å². The van der Waals surface area contributed by atoms with Gasteiger partial charge in [-0.05, 0) is 20.1 Å². The molecular formula is C7H13N5S. The highest BCUT2D eigenvalue weighted by molar-refractivity contribution is 7.98. The second-order valence-electron chi connectivity index (χ2n) is 2.80. The lowest BCUT2D eigenvalue weighted by molar-refractivity contribution is 0.841. The van der Waals surface area contributed by atoms with Gasteiger partial charge in [-0.15, -0.1) is 0 Å². The van der Waals surface area contributed by atoms with E-state index in [1.54, 1.807) is 0 Å². The molecule has 5 nitrogen and oxygen atoms in total. The lowest BCUT2D eigenvalue weighted by Crippen LogP contribution is -2.14. The number of rotatable bonds is 3. The van der Waals surface area contributed by atoms with Crippen molar-refractivity contribution in [3.05, 3.63) is 0 Å². The lowest BCUT2D eigenvalue weighted by atomic mass is 10.4. The largest absolute Gasteiger partial charge is 0.368 e. The van der Waals surface area contributed by atoms with E-state index in [4.69, 9.17) is 5.73 Å². The van der Waals surface area contributed by atoms with E-state index in [2.05, 4.69) is 20.3 Å². The van der Waals surface area contributed by atoms with Crippen molar-refractivity contribution in [3.63, 3.8) is 0 Å². The van der Waals surface area contributed by atoms with Crippen molar-refractivity contribution in [1.82, 2.24) is 15.0 Å². The van der Waals surface area contributed by atoms with Gasteiger partial charge in [0.05, 0.1) is 0 Å². The summed E-state index contributed by atoms with van der Waals surface area (Å²) in [6, 6.07) is 0.288. The maximum Gasteiger partial charge on any atom is 0.228 e. The van der Waals surface area contributed by atoms with Gasteiger partial charge in [-0.25, -0.2) is 0 Å². The SMILES string of the molecule is CSc1nc(N)nc(NC(C)C)n1. The fourth-order valence-electron chi connectivity index (χ4n) is 0.786. The van der Waals surface area contributed by atoms with E-state index in [0.29, 0.717) is 11.1 Å². The molecule has 0 saturated heterocycles. The second kappa shape index (κ2) is 4.27. The van der Waals surface area contributed by atoms with Crippen LogP contribution < -0.4 is 11.1 Å². The number of nitrogen functional groups attached to an aromatic ring is 1. The Labute approximate surface area is 81.6 Å². The normalized spacial score (nSPS) is 10.5. The first kappa shape index (κ1) is 10.0. The number of anilines is 2. The van der Waals surface area contributed by atoms with Crippen LogP contribution in [0, 0.1) is 0 Å². The Morgan fingerprint density at radius 1 is 1.31 bits per heavy atom. The van der Waals surface area contributed by atoms with Crippen LogP contribution in [0.25, 0.3) is 0 Å². The zero-order valence-corrected chi connectivity index (χ0v) is 8.72. The summed E-state index contributed by atoms with van der Waals surface area (Å²) >= 11 is 1.44. The molecule has 0 saturated carbocycles. The zero-order chi connectivity index (χ0) is 9.84. The summed E-state index contributed by atoms with van der Waals surface area (Å²) in [4.78, 5) is 12.0. The van der Waals surface area contributed by atoms with Crippen LogP contribution in [0.3, 0.4) is 0 Å². The third-order valence-electron chi connectivity index (χ3n) is 1.23. The van der Waals surface area contributed by atoms with E-state index in [9.17, 15) is 0 Å². The van der Waals surface area contributed by atoms with E-state index < -0.39 is 0 Å². The van der Waals surface area contributed by atoms with Gasteiger partial charge in [-0.2, -0.15) is 15.0 Å². The number of hydrogen-bond acceptors (Lipinski definition) is 6.